The number of imide groups is 2. The van der Waals surface area contributed by atoms with E-state index in [0.29, 0.717) is 30.6 Å². The molecule has 2 N–H and O–H groups in total. The normalized spacial score (nSPS) is 18.1. The molecule has 2 aromatic carbocycles. The van der Waals surface area contributed by atoms with E-state index in [2.05, 4.69) is 10.2 Å². The Balaban J connectivity index is 1.23. The molecule has 0 spiro atoms. The van der Waals surface area contributed by atoms with E-state index >= 15 is 4.39 Å². The van der Waals surface area contributed by atoms with Gasteiger partial charge in [-0.05, 0) is 36.6 Å². The number of anilines is 1. The van der Waals surface area contributed by atoms with E-state index in [1.54, 1.807) is 18.2 Å². The van der Waals surface area contributed by atoms with E-state index < -0.39 is 23.8 Å². The summed E-state index contributed by atoms with van der Waals surface area (Å²) in [4.78, 5) is 66.6. The van der Waals surface area contributed by atoms with E-state index in [1.807, 2.05) is 23.2 Å². The van der Waals surface area contributed by atoms with Crippen LogP contribution in [0.1, 0.15) is 64.4 Å². The number of nitrogens with zero attached hydrogens (tertiary/aromatic N) is 3. The van der Waals surface area contributed by atoms with Crippen molar-refractivity contribution in [3.8, 4) is 0 Å². The van der Waals surface area contributed by atoms with Crippen molar-refractivity contribution in [2.45, 2.75) is 57.8 Å². The van der Waals surface area contributed by atoms with E-state index in [0.717, 1.165) is 36.5 Å². The number of hydrogen-bond donors (Lipinski definition) is 2. The second-order valence-corrected chi connectivity index (χ2v) is 10.5. The van der Waals surface area contributed by atoms with Crippen molar-refractivity contribution in [3.63, 3.8) is 0 Å². The summed E-state index contributed by atoms with van der Waals surface area (Å²) in [5, 5.41) is 5.12. The fourth-order valence-electron chi connectivity index (χ4n) is 5.74. The third-order valence-electron chi connectivity index (χ3n) is 7.81. The number of hydrogen-bond acceptors (Lipinski definition) is 7. The van der Waals surface area contributed by atoms with Crippen LogP contribution in [0.25, 0.3) is 0 Å². The van der Waals surface area contributed by atoms with Gasteiger partial charge < -0.3 is 10.2 Å². The zero-order valence-electron chi connectivity index (χ0n) is 22.3. The Bertz CT molecular complexity index is 1360. The van der Waals surface area contributed by atoms with Gasteiger partial charge in [-0.15, -0.1) is 0 Å². The molecule has 2 saturated heterocycles. The molecule has 0 saturated carbocycles. The third-order valence-corrected chi connectivity index (χ3v) is 7.81. The van der Waals surface area contributed by atoms with Crippen LogP contribution >= 0.6 is 0 Å². The van der Waals surface area contributed by atoms with Crippen LogP contribution in [0.15, 0.2) is 36.4 Å². The molecule has 1 atom stereocenters. The van der Waals surface area contributed by atoms with Crippen molar-refractivity contribution in [1.29, 1.82) is 0 Å². The fourth-order valence-corrected chi connectivity index (χ4v) is 5.74. The van der Waals surface area contributed by atoms with Crippen molar-refractivity contribution in [2.24, 2.45) is 0 Å². The lowest BCUT2D eigenvalue weighted by molar-refractivity contribution is -0.133. The molecule has 2 aromatic rings. The van der Waals surface area contributed by atoms with Crippen LogP contribution in [-0.4, -0.2) is 76.5 Å². The van der Waals surface area contributed by atoms with Crippen LogP contribution in [0.5, 0.6) is 0 Å². The van der Waals surface area contributed by atoms with E-state index in [-0.39, 0.29) is 48.3 Å². The Hall–Kier alpha value is -4.12. The van der Waals surface area contributed by atoms with Crippen LogP contribution in [0.2, 0.25) is 0 Å². The largest absolute Gasteiger partial charge is 0.380 e. The standard InChI is InChI=1S/C29H32FN5O5/c1-2-5-24(27(38)32-17-36)35-28(39)21-6-3-7-23(26(21)29(35)40)31-13-19-10-9-18(12-22(19)30)14-33-15-20(16-33)34-11-4-8-25(34)37/h3,6-7,9-10,12,17,20,24,31H,2,4-5,8,11,13-16H2,1H3,(H,32,36,38). The molecule has 2 fully saturated rings. The Morgan fingerprint density at radius 3 is 2.62 bits per heavy atom. The molecule has 11 heteroatoms. The highest BCUT2D eigenvalue weighted by atomic mass is 19.1. The summed E-state index contributed by atoms with van der Waals surface area (Å²) in [6, 6.07) is 8.95. The zero-order valence-corrected chi connectivity index (χ0v) is 22.3. The number of likely N-dealkylation sites (tertiary alicyclic amines) is 2. The lowest BCUT2D eigenvalue weighted by atomic mass is 10.0. The molecular formula is C29H32FN5O5. The van der Waals surface area contributed by atoms with Crippen molar-refractivity contribution in [3.05, 3.63) is 64.5 Å². The van der Waals surface area contributed by atoms with Gasteiger partial charge in [-0.1, -0.05) is 31.5 Å². The first-order chi connectivity index (χ1) is 19.3. The smallest absolute Gasteiger partial charge is 0.264 e. The van der Waals surface area contributed by atoms with Crippen LogP contribution < -0.4 is 10.6 Å². The molecule has 3 aliphatic rings. The molecular weight excluding hydrogens is 517 g/mol. The Kier molecular flexibility index (Phi) is 7.92. The highest BCUT2D eigenvalue weighted by Crippen LogP contribution is 2.32. The number of rotatable bonds is 11. The second kappa shape index (κ2) is 11.5. The molecule has 10 nitrogen and oxygen atoms in total. The molecule has 5 rings (SSSR count). The number of carbonyl (C=O) groups excluding carboxylic acids is 5. The van der Waals surface area contributed by atoms with Gasteiger partial charge in [0.1, 0.15) is 11.9 Å². The van der Waals surface area contributed by atoms with E-state index in [9.17, 15) is 24.0 Å². The first-order valence-electron chi connectivity index (χ1n) is 13.6. The van der Waals surface area contributed by atoms with Gasteiger partial charge in [0.15, 0.2) is 0 Å². The second-order valence-electron chi connectivity index (χ2n) is 10.5. The lowest BCUT2D eigenvalue weighted by Crippen LogP contribution is -2.59. The summed E-state index contributed by atoms with van der Waals surface area (Å²) in [6.45, 7) is 4.88. The van der Waals surface area contributed by atoms with Gasteiger partial charge in [0, 0.05) is 50.4 Å². The lowest BCUT2D eigenvalue weighted by Gasteiger charge is -2.44. The van der Waals surface area contributed by atoms with Crippen molar-refractivity contribution in [1.82, 2.24) is 20.0 Å². The maximum atomic E-state index is 15.0. The molecule has 3 aliphatic heterocycles. The fraction of sp³-hybridized carbons (Fsp3) is 0.414. The Labute approximate surface area is 231 Å². The SMILES string of the molecule is CCCC(C(=O)NC=O)N1C(=O)c2cccc(NCc3ccc(CN4CC(N5CCCC5=O)C4)cc3F)c2C1=O. The quantitative estimate of drug-likeness (QED) is 0.326. The number of fused-ring (bicyclic) bond motifs is 1. The number of halogens is 1. The number of carbonyl (C=O) groups is 5. The maximum absolute atomic E-state index is 15.0. The number of benzene rings is 2. The van der Waals surface area contributed by atoms with Gasteiger partial charge in [-0.3, -0.25) is 39.1 Å². The summed E-state index contributed by atoms with van der Waals surface area (Å²) in [6.07, 6.45) is 2.50. The molecule has 1 unspecified atom stereocenters. The number of nitrogens with one attached hydrogen (secondary N) is 2. The first kappa shape index (κ1) is 27.4. The molecule has 3 heterocycles. The monoisotopic (exact) mass is 549 g/mol. The predicted octanol–water partition coefficient (Wildman–Crippen LogP) is 2.28. The van der Waals surface area contributed by atoms with Gasteiger partial charge in [0.2, 0.25) is 18.2 Å². The average Bonchev–Trinajstić information content (AvgIpc) is 3.44. The minimum Gasteiger partial charge on any atom is -0.380 e. The van der Waals surface area contributed by atoms with Crippen LogP contribution in [0.4, 0.5) is 10.1 Å². The third kappa shape index (κ3) is 5.21. The van der Waals surface area contributed by atoms with Crippen molar-refractivity contribution >= 4 is 35.7 Å². The summed E-state index contributed by atoms with van der Waals surface area (Å²) in [7, 11) is 0. The minimum atomic E-state index is -1.11. The maximum Gasteiger partial charge on any atom is 0.264 e. The Morgan fingerprint density at radius 1 is 1.15 bits per heavy atom. The highest BCUT2D eigenvalue weighted by Gasteiger charge is 2.43. The van der Waals surface area contributed by atoms with E-state index in [4.69, 9.17) is 0 Å². The van der Waals surface area contributed by atoms with Crippen LogP contribution in [0, 0.1) is 5.82 Å². The van der Waals surface area contributed by atoms with Crippen LogP contribution in [0.3, 0.4) is 0 Å². The molecule has 0 bridgehead atoms. The van der Waals surface area contributed by atoms with Gasteiger partial charge in [0.25, 0.3) is 11.8 Å². The molecule has 0 radical (unpaired) electrons. The van der Waals surface area contributed by atoms with Gasteiger partial charge in [-0.25, -0.2) is 4.39 Å². The topological polar surface area (TPSA) is 119 Å². The average molecular weight is 550 g/mol. The predicted molar refractivity (Wildman–Crippen MR) is 144 cm³/mol. The number of amides is 5. The zero-order chi connectivity index (χ0) is 28.4. The molecule has 0 aromatic heterocycles. The van der Waals surface area contributed by atoms with Gasteiger partial charge >= 0.3 is 0 Å². The first-order valence-corrected chi connectivity index (χ1v) is 13.6. The van der Waals surface area contributed by atoms with Crippen molar-refractivity contribution < 1.29 is 28.4 Å². The molecule has 5 amide bonds. The molecule has 40 heavy (non-hydrogen) atoms. The summed E-state index contributed by atoms with van der Waals surface area (Å²) < 4.78 is 15.0. The van der Waals surface area contributed by atoms with Crippen molar-refractivity contribution in [2.75, 3.05) is 25.0 Å². The molecule has 0 aliphatic carbocycles. The Morgan fingerprint density at radius 2 is 1.95 bits per heavy atom. The summed E-state index contributed by atoms with van der Waals surface area (Å²) in [5.41, 5.74) is 1.85. The van der Waals surface area contributed by atoms with E-state index in [1.165, 1.54) is 12.1 Å². The highest BCUT2D eigenvalue weighted by molar-refractivity contribution is 6.25. The van der Waals surface area contributed by atoms with Gasteiger partial charge in [-0.2, -0.15) is 0 Å². The van der Waals surface area contributed by atoms with Gasteiger partial charge in [0.05, 0.1) is 17.2 Å². The molecule has 210 valence electrons. The summed E-state index contributed by atoms with van der Waals surface area (Å²) in [5.74, 6) is -2.13. The minimum absolute atomic E-state index is 0.0803. The van der Waals surface area contributed by atoms with Crippen LogP contribution in [-0.2, 0) is 27.5 Å². The summed E-state index contributed by atoms with van der Waals surface area (Å²) >= 11 is 0.